The molecule has 0 unspecified atom stereocenters. The van der Waals surface area contributed by atoms with Gasteiger partial charge in [-0.3, -0.25) is 4.98 Å². The van der Waals surface area contributed by atoms with E-state index in [1.165, 1.54) is 30.2 Å². The molecule has 0 radical (unpaired) electrons. The summed E-state index contributed by atoms with van der Waals surface area (Å²) in [6, 6.07) is 9.44. The molecule has 0 aliphatic carbocycles. The van der Waals surface area contributed by atoms with E-state index in [2.05, 4.69) is 10.3 Å². The minimum Gasteiger partial charge on any atom is -0.316 e. The first-order chi connectivity index (χ1) is 13.3. The van der Waals surface area contributed by atoms with Crippen LogP contribution < -0.4 is 5.32 Å². The normalized spacial score (nSPS) is 11.9. The van der Waals surface area contributed by atoms with Gasteiger partial charge < -0.3 is 5.32 Å². The SMILES string of the molecule is CNCc1cc(-c2ccccc2F)n(S(=O)(=O)c2cncc(SC(C)C)c2)c1. The van der Waals surface area contributed by atoms with Crippen LogP contribution in [0.4, 0.5) is 4.39 Å². The molecule has 0 saturated carbocycles. The largest absolute Gasteiger partial charge is 0.316 e. The van der Waals surface area contributed by atoms with Gasteiger partial charge >= 0.3 is 0 Å². The van der Waals surface area contributed by atoms with Gasteiger partial charge in [-0.2, -0.15) is 0 Å². The number of halogens is 1. The van der Waals surface area contributed by atoms with E-state index in [-0.39, 0.29) is 16.2 Å². The second-order valence-electron chi connectivity index (χ2n) is 6.57. The Morgan fingerprint density at radius 1 is 1.21 bits per heavy atom. The summed E-state index contributed by atoms with van der Waals surface area (Å²) in [5.41, 5.74) is 1.25. The fraction of sp³-hybridized carbons (Fsp3) is 0.250. The minimum absolute atomic E-state index is 0.0716. The fourth-order valence-corrected chi connectivity index (χ4v) is 5.17. The Balaban J connectivity index is 2.15. The molecule has 0 saturated heterocycles. The number of benzene rings is 1. The van der Waals surface area contributed by atoms with Crippen molar-refractivity contribution in [3.8, 4) is 11.3 Å². The topological polar surface area (TPSA) is 64.0 Å². The molecule has 0 amide bonds. The van der Waals surface area contributed by atoms with Gasteiger partial charge in [-0.25, -0.2) is 16.8 Å². The van der Waals surface area contributed by atoms with Crippen LogP contribution in [-0.4, -0.2) is 29.7 Å². The summed E-state index contributed by atoms with van der Waals surface area (Å²) in [6.07, 6.45) is 4.49. The highest BCUT2D eigenvalue weighted by Crippen LogP contribution is 2.30. The lowest BCUT2D eigenvalue weighted by Gasteiger charge is -2.12. The number of aromatic nitrogens is 2. The minimum atomic E-state index is -3.94. The lowest BCUT2D eigenvalue weighted by Crippen LogP contribution is -2.14. The third-order valence-corrected chi connectivity index (χ3v) is 6.60. The summed E-state index contributed by atoms with van der Waals surface area (Å²) >= 11 is 1.53. The standard InChI is InChI=1S/C20H22FN3O2S2/c1-14(2)27-16-9-17(12-23-11-16)28(25,26)24-13-15(10-22-3)8-20(24)18-6-4-5-7-19(18)21/h4-9,11-14,22H,10H2,1-3H3. The fourth-order valence-electron chi connectivity index (χ4n) is 2.85. The Morgan fingerprint density at radius 2 is 1.96 bits per heavy atom. The first-order valence-corrected chi connectivity index (χ1v) is 11.1. The van der Waals surface area contributed by atoms with Gasteiger partial charge in [0, 0.05) is 40.8 Å². The van der Waals surface area contributed by atoms with Crippen LogP contribution >= 0.6 is 11.8 Å². The smallest absolute Gasteiger partial charge is 0.269 e. The molecule has 148 valence electrons. The third-order valence-electron chi connectivity index (χ3n) is 3.99. The van der Waals surface area contributed by atoms with Crippen LogP contribution in [-0.2, 0) is 16.6 Å². The summed E-state index contributed by atoms with van der Waals surface area (Å²) in [5.74, 6) is -0.477. The van der Waals surface area contributed by atoms with E-state index in [1.807, 2.05) is 13.8 Å². The molecule has 28 heavy (non-hydrogen) atoms. The number of hydrogen-bond donors (Lipinski definition) is 1. The molecule has 3 aromatic rings. The average Bonchev–Trinajstić information content (AvgIpc) is 3.07. The second kappa shape index (κ2) is 8.46. The quantitative estimate of drug-likeness (QED) is 0.583. The predicted molar refractivity (Wildman–Crippen MR) is 110 cm³/mol. The number of rotatable bonds is 7. The van der Waals surface area contributed by atoms with Crippen LogP contribution in [0.3, 0.4) is 0 Å². The zero-order chi connectivity index (χ0) is 20.3. The maximum absolute atomic E-state index is 14.4. The molecule has 8 heteroatoms. The Morgan fingerprint density at radius 3 is 2.64 bits per heavy atom. The van der Waals surface area contributed by atoms with Crippen LogP contribution in [0.5, 0.6) is 0 Å². The molecule has 0 fully saturated rings. The summed E-state index contributed by atoms with van der Waals surface area (Å²) in [4.78, 5) is 4.93. The summed E-state index contributed by atoms with van der Waals surface area (Å²) in [5, 5.41) is 3.29. The molecule has 0 bridgehead atoms. The van der Waals surface area contributed by atoms with E-state index < -0.39 is 15.8 Å². The molecule has 1 N–H and O–H groups in total. The number of nitrogens with zero attached hydrogens (tertiary/aromatic N) is 2. The van der Waals surface area contributed by atoms with E-state index in [4.69, 9.17) is 0 Å². The second-order valence-corrected chi connectivity index (χ2v) is 10.0. The van der Waals surface area contributed by atoms with Gasteiger partial charge in [-0.15, -0.1) is 11.8 Å². The third kappa shape index (κ3) is 4.29. The van der Waals surface area contributed by atoms with Crippen molar-refractivity contribution in [3.63, 3.8) is 0 Å². The zero-order valence-corrected chi connectivity index (χ0v) is 17.5. The van der Waals surface area contributed by atoms with Crippen molar-refractivity contribution in [1.82, 2.24) is 14.3 Å². The number of pyridine rings is 1. The van der Waals surface area contributed by atoms with Crippen LogP contribution in [0.2, 0.25) is 0 Å². The molecule has 0 spiro atoms. The van der Waals surface area contributed by atoms with Crippen LogP contribution in [0.1, 0.15) is 19.4 Å². The van der Waals surface area contributed by atoms with Crippen molar-refractivity contribution < 1.29 is 12.8 Å². The Labute approximate surface area is 169 Å². The molecule has 0 atom stereocenters. The van der Waals surface area contributed by atoms with Crippen molar-refractivity contribution in [2.75, 3.05) is 7.05 Å². The maximum Gasteiger partial charge on any atom is 0.269 e. The molecule has 2 heterocycles. The predicted octanol–water partition coefficient (Wildman–Crippen LogP) is 4.15. The van der Waals surface area contributed by atoms with Crippen LogP contribution in [0, 0.1) is 5.82 Å². The van der Waals surface area contributed by atoms with Crippen molar-refractivity contribution >= 4 is 21.8 Å². The molecule has 5 nitrogen and oxygen atoms in total. The van der Waals surface area contributed by atoms with Gasteiger partial charge in [0.1, 0.15) is 10.7 Å². The Hall–Kier alpha value is -2.16. The van der Waals surface area contributed by atoms with Crippen LogP contribution in [0.15, 0.2) is 64.8 Å². The van der Waals surface area contributed by atoms with Crippen molar-refractivity contribution in [2.24, 2.45) is 0 Å². The number of hydrogen-bond acceptors (Lipinski definition) is 5. The van der Waals surface area contributed by atoms with E-state index >= 15 is 0 Å². The van der Waals surface area contributed by atoms with E-state index in [1.54, 1.807) is 43.6 Å². The first-order valence-electron chi connectivity index (χ1n) is 8.81. The van der Waals surface area contributed by atoms with Gasteiger partial charge in [0.25, 0.3) is 10.0 Å². The highest BCUT2D eigenvalue weighted by molar-refractivity contribution is 8.00. The van der Waals surface area contributed by atoms with Crippen molar-refractivity contribution in [2.45, 2.75) is 35.4 Å². The molecule has 1 aromatic carbocycles. The lowest BCUT2D eigenvalue weighted by atomic mass is 10.1. The van der Waals surface area contributed by atoms with Gasteiger partial charge in [-0.05, 0) is 36.9 Å². The molecule has 0 aliphatic heterocycles. The van der Waals surface area contributed by atoms with Crippen molar-refractivity contribution in [1.29, 1.82) is 0 Å². The van der Waals surface area contributed by atoms with Crippen molar-refractivity contribution in [3.05, 3.63) is 66.4 Å². The van der Waals surface area contributed by atoms with E-state index in [9.17, 15) is 12.8 Å². The molecular weight excluding hydrogens is 397 g/mol. The summed E-state index contributed by atoms with van der Waals surface area (Å²) in [7, 11) is -2.17. The van der Waals surface area contributed by atoms with E-state index in [0.717, 1.165) is 14.4 Å². The molecule has 2 aromatic heterocycles. The summed E-state index contributed by atoms with van der Waals surface area (Å²) in [6.45, 7) is 4.52. The van der Waals surface area contributed by atoms with Gasteiger partial charge in [-0.1, -0.05) is 26.0 Å². The van der Waals surface area contributed by atoms with E-state index in [0.29, 0.717) is 11.8 Å². The molecular formula is C20H22FN3O2S2. The Kier molecular flexibility index (Phi) is 6.22. The number of nitrogens with one attached hydrogen (secondary N) is 1. The average molecular weight is 420 g/mol. The van der Waals surface area contributed by atoms with Crippen LogP contribution in [0.25, 0.3) is 11.3 Å². The monoisotopic (exact) mass is 419 g/mol. The zero-order valence-electron chi connectivity index (χ0n) is 15.9. The van der Waals surface area contributed by atoms with Gasteiger partial charge in [0.2, 0.25) is 0 Å². The number of thioether (sulfide) groups is 1. The molecule has 3 rings (SSSR count). The maximum atomic E-state index is 14.4. The first kappa shape index (κ1) is 20.6. The van der Waals surface area contributed by atoms with Gasteiger partial charge in [0.05, 0.1) is 5.69 Å². The highest BCUT2D eigenvalue weighted by atomic mass is 32.2. The van der Waals surface area contributed by atoms with Gasteiger partial charge in [0.15, 0.2) is 0 Å². The Bertz CT molecular complexity index is 1080. The molecule has 0 aliphatic rings. The summed E-state index contributed by atoms with van der Waals surface area (Å²) < 4.78 is 42.3. The highest BCUT2D eigenvalue weighted by Gasteiger charge is 2.24. The lowest BCUT2D eigenvalue weighted by molar-refractivity contribution is 0.586.